The Morgan fingerprint density at radius 2 is 1.97 bits per heavy atom. The van der Waals surface area contributed by atoms with Gasteiger partial charge in [-0.25, -0.2) is 4.98 Å². The first-order chi connectivity index (χ1) is 14.3. The van der Waals surface area contributed by atoms with Crippen LogP contribution in [0.3, 0.4) is 0 Å². The van der Waals surface area contributed by atoms with Crippen LogP contribution in [0.2, 0.25) is 9.36 Å². The van der Waals surface area contributed by atoms with Crippen LogP contribution in [-0.4, -0.2) is 52.4 Å². The third kappa shape index (κ3) is 4.04. The molecule has 2 aliphatic heterocycles. The molecular formula is C20H19Cl2N3O4S. The summed E-state index contributed by atoms with van der Waals surface area (Å²) in [6.07, 6.45) is 2.15. The third-order valence-electron chi connectivity index (χ3n) is 5.67. The molecule has 2 amide bonds. The van der Waals surface area contributed by atoms with Crippen LogP contribution in [0.4, 0.5) is 5.69 Å². The molecule has 0 bridgehead atoms. The third-order valence-corrected chi connectivity index (χ3v) is 7.02. The van der Waals surface area contributed by atoms with Crippen molar-refractivity contribution in [2.24, 2.45) is 0 Å². The zero-order chi connectivity index (χ0) is 21.5. The van der Waals surface area contributed by atoms with E-state index < -0.39 is 11.4 Å². The van der Waals surface area contributed by atoms with E-state index in [-0.39, 0.29) is 31.1 Å². The van der Waals surface area contributed by atoms with Gasteiger partial charge in [0.2, 0.25) is 11.8 Å². The van der Waals surface area contributed by atoms with E-state index in [2.05, 4.69) is 4.98 Å². The zero-order valence-electron chi connectivity index (χ0n) is 15.9. The number of carbonyl (C=O) groups excluding carboxylic acids is 2. The van der Waals surface area contributed by atoms with Crippen LogP contribution in [0.25, 0.3) is 0 Å². The van der Waals surface area contributed by atoms with Crippen molar-refractivity contribution in [1.29, 1.82) is 0 Å². The standard InChI is InChI=1S/C20H19Cl2N3O4S/c21-12-1-2-14-13(7-12)20(5-6-24(10-20)17(26)3-4-19(28)29)11-25(14)18(27)8-16-23-9-15(22)30-16/h1-2,7,9H,3-6,8,10-11H2,(H,28,29). The maximum absolute atomic E-state index is 13.1. The lowest BCUT2D eigenvalue weighted by molar-refractivity contribution is -0.140. The normalized spacial score (nSPS) is 20.1. The van der Waals surface area contributed by atoms with Gasteiger partial charge in [0.25, 0.3) is 0 Å². The van der Waals surface area contributed by atoms with Crippen molar-refractivity contribution in [2.45, 2.75) is 31.1 Å². The van der Waals surface area contributed by atoms with E-state index in [0.29, 0.717) is 40.4 Å². The van der Waals surface area contributed by atoms with Gasteiger partial charge in [0, 0.05) is 42.2 Å². The molecule has 0 radical (unpaired) electrons. The number of fused-ring (bicyclic) bond motifs is 2. The molecule has 1 unspecified atom stereocenters. The molecule has 1 saturated heterocycles. The van der Waals surface area contributed by atoms with Crippen molar-refractivity contribution in [2.75, 3.05) is 24.5 Å². The summed E-state index contributed by atoms with van der Waals surface area (Å²) in [5, 5.41) is 10.1. The SMILES string of the molecule is O=C(O)CCC(=O)N1CCC2(C1)CN(C(=O)Cc1ncc(Cl)s1)c1ccc(Cl)cc12. The van der Waals surface area contributed by atoms with E-state index in [4.69, 9.17) is 28.3 Å². The molecule has 10 heteroatoms. The number of halogens is 2. The molecule has 30 heavy (non-hydrogen) atoms. The molecule has 1 atom stereocenters. The summed E-state index contributed by atoms with van der Waals surface area (Å²) >= 11 is 13.5. The second kappa shape index (κ2) is 8.17. The minimum atomic E-state index is -0.991. The highest BCUT2D eigenvalue weighted by molar-refractivity contribution is 7.15. The van der Waals surface area contributed by atoms with Gasteiger partial charge in [-0.2, -0.15) is 0 Å². The van der Waals surface area contributed by atoms with Crippen molar-refractivity contribution >= 4 is 58.0 Å². The lowest BCUT2D eigenvalue weighted by Gasteiger charge is -2.26. The van der Waals surface area contributed by atoms with Crippen LogP contribution in [-0.2, 0) is 26.2 Å². The quantitative estimate of drug-likeness (QED) is 0.727. The summed E-state index contributed by atoms with van der Waals surface area (Å²) in [5.74, 6) is -1.26. The Bertz CT molecular complexity index is 1030. The molecular weight excluding hydrogens is 449 g/mol. The number of carboxylic acids is 1. The number of likely N-dealkylation sites (tertiary alicyclic amines) is 1. The van der Waals surface area contributed by atoms with E-state index in [0.717, 1.165) is 11.3 Å². The average Bonchev–Trinajstić information content (AvgIpc) is 3.39. The van der Waals surface area contributed by atoms with Gasteiger partial charge in [-0.1, -0.05) is 23.2 Å². The lowest BCUT2D eigenvalue weighted by Crippen LogP contribution is -2.40. The van der Waals surface area contributed by atoms with Crippen LogP contribution in [0.5, 0.6) is 0 Å². The highest BCUT2D eigenvalue weighted by atomic mass is 35.5. The number of hydrogen-bond acceptors (Lipinski definition) is 5. The number of amides is 2. The van der Waals surface area contributed by atoms with Crippen molar-refractivity contribution in [3.05, 3.63) is 44.3 Å². The van der Waals surface area contributed by atoms with Crippen LogP contribution >= 0.6 is 34.5 Å². The smallest absolute Gasteiger partial charge is 0.303 e. The molecule has 4 rings (SSSR count). The summed E-state index contributed by atoms with van der Waals surface area (Å²) in [7, 11) is 0. The molecule has 1 spiro atoms. The van der Waals surface area contributed by atoms with Crippen LogP contribution < -0.4 is 4.90 Å². The number of anilines is 1. The number of aliphatic carboxylic acids is 1. The lowest BCUT2D eigenvalue weighted by atomic mass is 9.81. The van der Waals surface area contributed by atoms with Crippen molar-refractivity contribution in [3.63, 3.8) is 0 Å². The minimum absolute atomic E-state index is 0.0265. The predicted molar refractivity (Wildman–Crippen MR) is 114 cm³/mol. The fourth-order valence-electron chi connectivity index (χ4n) is 4.26. The highest BCUT2D eigenvalue weighted by Gasteiger charge is 2.49. The molecule has 1 fully saturated rings. The van der Waals surface area contributed by atoms with Crippen LogP contribution in [0.15, 0.2) is 24.4 Å². The number of nitrogens with zero attached hydrogens (tertiary/aromatic N) is 3. The number of thiazole rings is 1. The Morgan fingerprint density at radius 3 is 2.67 bits per heavy atom. The molecule has 2 aromatic rings. The van der Waals surface area contributed by atoms with E-state index >= 15 is 0 Å². The number of benzene rings is 1. The molecule has 0 saturated carbocycles. The van der Waals surface area contributed by atoms with Crippen molar-refractivity contribution in [1.82, 2.24) is 9.88 Å². The van der Waals surface area contributed by atoms with Gasteiger partial charge in [-0.05, 0) is 30.2 Å². The van der Waals surface area contributed by atoms with Gasteiger partial charge in [0.05, 0.1) is 19.0 Å². The maximum atomic E-state index is 13.1. The zero-order valence-corrected chi connectivity index (χ0v) is 18.3. The molecule has 1 N–H and O–H groups in total. The number of carboxylic acid groups (broad SMARTS) is 1. The van der Waals surface area contributed by atoms with Gasteiger partial charge < -0.3 is 14.9 Å². The fourth-order valence-corrected chi connectivity index (χ4v) is 5.38. The first kappa shape index (κ1) is 21.1. The van der Waals surface area contributed by atoms with E-state index in [1.807, 2.05) is 12.1 Å². The van der Waals surface area contributed by atoms with Gasteiger partial charge in [-0.3, -0.25) is 14.4 Å². The van der Waals surface area contributed by atoms with Crippen molar-refractivity contribution < 1.29 is 19.5 Å². The summed E-state index contributed by atoms with van der Waals surface area (Å²) in [6.45, 7) is 1.41. The minimum Gasteiger partial charge on any atom is -0.481 e. The largest absolute Gasteiger partial charge is 0.481 e. The molecule has 0 aliphatic carbocycles. The van der Waals surface area contributed by atoms with E-state index in [1.54, 1.807) is 15.9 Å². The molecule has 1 aromatic heterocycles. The van der Waals surface area contributed by atoms with E-state index in [1.165, 1.54) is 17.5 Å². The molecule has 2 aliphatic rings. The summed E-state index contributed by atoms with van der Waals surface area (Å²) in [4.78, 5) is 43.9. The summed E-state index contributed by atoms with van der Waals surface area (Å²) in [5.41, 5.74) is 1.34. The van der Waals surface area contributed by atoms with Crippen molar-refractivity contribution in [3.8, 4) is 0 Å². The molecule has 7 nitrogen and oxygen atoms in total. The first-order valence-electron chi connectivity index (χ1n) is 9.48. The summed E-state index contributed by atoms with van der Waals surface area (Å²) in [6, 6.07) is 5.47. The highest BCUT2D eigenvalue weighted by Crippen LogP contribution is 2.47. The predicted octanol–water partition coefficient (Wildman–Crippen LogP) is 3.37. The molecule has 158 valence electrons. The monoisotopic (exact) mass is 467 g/mol. The fraction of sp³-hybridized carbons (Fsp3) is 0.400. The number of hydrogen-bond donors (Lipinski definition) is 1. The van der Waals surface area contributed by atoms with Gasteiger partial charge in [0.1, 0.15) is 9.34 Å². The Hall–Kier alpha value is -2.16. The second-order valence-electron chi connectivity index (χ2n) is 7.62. The van der Waals surface area contributed by atoms with Gasteiger partial charge in [-0.15, -0.1) is 11.3 Å². The number of aromatic nitrogens is 1. The van der Waals surface area contributed by atoms with Crippen LogP contribution in [0.1, 0.15) is 29.8 Å². The average molecular weight is 468 g/mol. The molecule has 3 heterocycles. The molecule has 1 aromatic carbocycles. The van der Waals surface area contributed by atoms with Crippen LogP contribution in [0, 0.1) is 0 Å². The maximum Gasteiger partial charge on any atom is 0.303 e. The Morgan fingerprint density at radius 1 is 1.17 bits per heavy atom. The Labute approximate surface area is 187 Å². The second-order valence-corrected chi connectivity index (χ2v) is 9.80. The first-order valence-corrected chi connectivity index (χ1v) is 11.0. The van der Waals surface area contributed by atoms with Gasteiger partial charge in [0.15, 0.2) is 0 Å². The summed E-state index contributed by atoms with van der Waals surface area (Å²) < 4.78 is 0.536. The number of rotatable bonds is 5. The van der Waals surface area contributed by atoms with Gasteiger partial charge >= 0.3 is 5.97 Å². The van der Waals surface area contributed by atoms with E-state index in [9.17, 15) is 14.4 Å². The number of carbonyl (C=O) groups is 3. The topological polar surface area (TPSA) is 90.8 Å². The Balaban J connectivity index is 1.57. The Kier molecular flexibility index (Phi) is 5.74.